The third-order valence-electron chi connectivity index (χ3n) is 3.52. The molecule has 0 heterocycles. The van der Waals surface area contributed by atoms with E-state index in [2.05, 4.69) is 34.6 Å². The average Bonchev–Trinajstić information content (AvgIpc) is 2.06. The van der Waals surface area contributed by atoms with Gasteiger partial charge in [0.2, 0.25) is 0 Å². The highest BCUT2D eigenvalue weighted by atomic mass is 16.3. The van der Waals surface area contributed by atoms with Gasteiger partial charge in [0, 0.05) is 0 Å². The zero-order valence-corrected chi connectivity index (χ0v) is 9.22. The fraction of sp³-hybridized carbons (Fsp3) is 1.00. The molecule has 1 heteroatoms. The standard InChI is InChI=1S/C11H24O/c1-6-10(12)11(7-2,8-3)9(4)5/h9-10,12H,6-8H2,1-5H3/t10-/m1/s1. The van der Waals surface area contributed by atoms with E-state index in [4.69, 9.17) is 0 Å². The first-order valence-electron chi connectivity index (χ1n) is 5.23. The second-order valence-corrected chi connectivity index (χ2v) is 4.02. The maximum Gasteiger partial charge on any atom is 0.0596 e. The second kappa shape index (κ2) is 4.86. The molecule has 0 fully saturated rings. The van der Waals surface area contributed by atoms with Crippen molar-refractivity contribution < 1.29 is 5.11 Å². The minimum Gasteiger partial charge on any atom is -0.393 e. The van der Waals surface area contributed by atoms with E-state index in [1.54, 1.807) is 0 Å². The summed E-state index contributed by atoms with van der Waals surface area (Å²) in [7, 11) is 0. The SMILES string of the molecule is CC[C@@H](O)C(CC)(CC)C(C)C. The van der Waals surface area contributed by atoms with E-state index >= 15 is 0 Å². The molecule has 0 aliphatic rings. The molecule has 1 atom stereocenters. The van der Waals surface area contributed by atoms with Crippen LogP contribution in [0, 0.1) is 11.3 Å². The Hall–Kier alpha value is -0.0400. The molecule has 0 aromatic carbocycles. The smallest absolute Gasteiger partial charge is 0.0596 e. The van der Waals surface area contributed by atoms with Crippen molar-refractivity contribution in [2.75, 3.05) is 0 Å². The average molecular weight is 172 g/mol. The van der Waals surface area contributed by atoms with Gasteiger partial charge in [0.25, 0.3) is 0 Å². The first kappa shape index (κ1) is 12.0. The van der Waals surface area contributed by atoms with E-state index in [1.165, 1.54) is 0 Å². The Bertz CT molecular complexity index is 114. The molecule has 0 saturated heterocycles. The van der Waals surface area contributed by atoms with Crippen molar-refractivity contribution in [1.29, 1.82) is 0 Å². The lowest BCUT2D eigenvalue weighted by atomic mass is 9.68. The van der Waals surface area contributed by atoms with Crippen LogP contribution < -0.4 is 0 Å². The largest absolute Gasteiger partial charge is 0.393 e. The first-order chi connectivity index (χ1) is 5.55. The van der Waals surface area contributed by atoms with E-state index in [0.717, 1.165) is 19.3 Å². The van der Waals surface area contributed by atoms with Crippen LogP contribution in [0.15, 0.2) is 0 Å². The van der Waals surface area contributed by atoms with Crippen LogP contribution in [-0.2, 0) is 0 Å². The van der Waals surface area contributed by atoms with Crippen molar-refractivity contribution in [1.82, 2.24) is 0 Å². The molecule has 0 rings (SSSR count). The fourth-order valence-corrected chi connectivity index (χ4v) is 2.33. The van der Waals surface area contributed by atoms with E-state index in [-0.39, 0.29) is 11.5 Å². The Labute approximate surface area is 77.2 Å². The summed E-state index contributed by atoms with van der Waals surface area (Å²) >= 11 is 0. The fourth-order valence-electron chi connectivity index (χ4n) is 2.33. The Morgan fingerprint density at radius 3 is 1.58 bits per heavy atom. The molecule has 0 aliphatic heterocycles. The summed E-state index contributed by atoms with van der Waals surface area (Å²) in [6, 6.07) is 0. The van der Waals surface area contributed by atoms with Crippen LogP contribution in [0.4, 0.5) is 0 Å². The van der Waals surface area contributed by atoms with E-state index in [9.17, 15) is 5.11 Å². The highest BCUT2D eigenvalue weighted by molar-refractivity contribution is 4.86. The van der Waals surface area contributed by atoms with Crippen molar-refractivity contribution in [2.24, 2.45) is 11.3 Å². The zero-order valence-electron chi connectivity index (χ0n) is 9.22. The van der Waals surface area contributed by atoms with Crippen LogP contribution in [0.3, 0.4) is 0 Å². The van der Waals surface area contributed by atoms with E-state index < -0.39 is 0 Å². The quantitative estimate of drug-likeness (QED) is 0.675. The monoisotopic (exact) mass is 172 g/mol. The first-order valence-corrected chi connectivity index (χ1v) is 5.23. The van der Waals surface area contributed by atoms with Crippen molar-refractivity contribution in [3.63, 3.8) is 0 Å². The lowest BCUT2D eigenvalue weighted by Gasteiger charge is -2.40. The van der Waals surface area contributed by atoms with Gasteiger partial charge in [0.05, 0.1) is 6.10 Å². The predicted molar refractivity (Wildman–Crippen MR) is 54.2 cm³/mol. The van der Waals surface area contributed by atoms with E-state index in [1.807, 2.05) is 0 Å². The zero-order chi connectivity index (χ0) is 9.78. The summed E-state index contributed by atoms with van der Waals surface area (Å²) < 4.78 is 0. The molecule has 1 N–H and O–H groups in total. The van der Waals surface area contributed by atoms with Crippen LogP contribution in [0.5, 0.6) is 0 Å². The predicted octanol–water partition coefficient (Wildman–Crippen LogP) is 3.22. The molecule has 74 valence electrons. The molecule has 1 nitrogen and oxygen atoms in total. The second-order valence-electron chi connectivity index (χ2n) is 4.02. The van der Waals surface area contributed by atoms with Gasteiger partial charge < -0.3 is 5.11 Å². The Morgan fingerprint density at radius 2 is 1.50 bits per heavy atom. The van der Waals surface area contributed by atoms with Crippen LogP contribution in [-0.4, -0.2) is 11.2 Å². The van der Waals surface area contributed by atoms with E-state index in [0.29, 0.717) is 5.92 Å². The number of aliphatic hydroxyl groups is 1. The van der Waals surface area contributed by atoms with Gasteiger partial charge in [-0.05, 0) is 30.6 Å². The lowest BCUT2D eigenvalue weighted by molar-refractivity contribution is -0.0194. The summed E-state index contributed by atoms with van der Waals surface area (Å²) in [5, 5.41) is 9.94. The highest BCUT2D eigenvalue weighted by Gasteiger charge is 2.36. The molecule has 0 radical (unpaired) electrons. The molecule has 12 heavy (non-hydrogen) atoms. The molecule has 0 bridgehead atoms. The summed E-state index contributed by atoms with van der Waals surface area (Å²) in [5.74, 6) is 0.572. The van der Waals surface area contributed by atoms with Crippen molar-refractivity contribution >= 4 is 0 Å². The van der Waals surface area contributed by atoms with Gasteiger partial charge >= 0.3 is 0 Å². The molecule has 0 spiro atoms. The maximum absolute atomic E-state index is 9.94. The number of hydrogen-bond acceptors (Lipinski definition) is 1. The maximum atomic E-state index is 9.94. The third kappa shape index (κ3) is 2.01. The van der Waals surface area contributed by atoms with Gasteiger partial charge in [-0.1, -0.05) is 34.6 Å². The molecular weight excluding hydrogens is 148 g/mol. The lowest BCUT2D eigenvalue weighted by Crippen LogP contribution is -2.38. The van der Waals surface area contributed by atoms with Crippen LogP contribution in [0.2, 0.25) is 0 Å². The van der Waals surface area contributed by atoms with Crippen molar-refractivity contribution in [2.45, 2.75) is 60.0 Å². The Morgan fingerprint density at radius 1 is 1.08 bits per heavy atom. The number of aliphatic hydroxyl groups excluding tert-OH is 1. The minimum atomic E-state index is -0.132. The minimum absolute atomic E-state index is 0.132. The van der Waals surface area contributed by atoms with Gasteiger partial charge in [0.1, 0.15) is 0 Å². The van der Waals surface area contributed by atoms with Gasteiger partial charge in [-0.2, -0.15) is 0 Å². The van der Waals surface area contributed by atoms with Crippen LogP contribution >= 0.6 is 0 Å². The number of hydrogen-bond donors (Lipinski definition) is 1. The molecule has 0 aliphatic carbocycles. The van der Waals surface area contributed by atoms with Crippen LogP contribution in [0.1, 0.15) is 53.9 Å². The highest BCUT2D eigenvalue weighted by Crippen LogP contribution is 2.39. The normalized spacial score (nSPS) is 15.2. The van der Waals surface area contributed by atoms with Gasteiger partial charge in [-0.15, -0.1) is 0 Å². The molecule has 0 aromatic rings. The van der Waals surface area contributed by atoms with Crippen molar-refractivity contribution in [3.8, 4) is 0 Å². The molecule has 0 amide bonds. The van der Waals surface area contributed by atoms with Crippen molar-refractivity contribution in [3.05, 3.63) is 0 Å². The Balaban J connectivity index is 4.56. The van der Waals surface area contributed by atoms with Gasteiger partial charge in [-0.3, -0.25) is 0 Å². The third-order valence-corrected chi connectivity index (χ3v) is 3.52. The van der Waals surface area contributed by atoms with Gasteiger partial charge in [0.15, 0.2) is 0 Å². The number of rotatable bonds is 5. The van der Waals surface area contributed by atoms with Crippen LogP contribution in [0.25, 0.3) is 0 Å². The topological polar surface area (TPSA) is 20.2 Å². The molecular formula is C11H24O. The Kier molecular flexibility index (Phi) is 4.84. The van der Waals surface area contributed by atoms with Gasteiger partial charge in [-0.25, -0.2) is 0 Å². The summed E-state index contributed by atoms with van der Waals surface area (Å²) in [4.78, 5) is 0. The summed E-state index contributed by atoms with van der Waals surface area (Å²) in [6.45, 7) is 10.9. The molecule has 0 saturated carbocycles. The summed E-state index contributed by atoms with van der Waals surface area (Å²) in [6.07, 6.45) is 2.90. The summed E-state index contributed by atoms with van der Waals surface area (Å²) in [5.41, 5.74) is 0.148. The molecule has 0 aromatic heterocycles. The molecule has 0 unspecified atom stereocenters.